The number of carbonyl (C=O) groups is 1. The second-order valence-corrected chi connectivity index (χ2v) is 6.35. The molecular weight excluding hydrogens is 346 g/mol. The molecule has 0 aliphatic rings. The summed E-state index contributed by atoms with van der Waals surface area (Å²) in [6, 6.07) is 21.0. The van der Waals surface area contributed by atoms with Gasteiger partial charge in [-0.3, -0.25) is 9.78 Å². The summed E-state index contributed by atoms with van der Waals surface area (Å²) in [6.07, 6.45) is 3.66. The van der Waals surface area contributed by atoms with Crippen molar-refractivity contribution < 1.29 is 4.79 Å². The van der Waals surface area contributed by atoms with E-state index in [1.807, 2.05) is 12.1 Å². The van der Waals surface area contributed by atoms with Gasteiger partial charge in [0.25, 0.3) is 5.91 Å². The summed E-state index contributed by atoms with van der Waals surface area (Å²) in [6.45, 7) is 0.828. The van der Waals surface area contributed by atoms with Gasteiger partial charge in [0.1, 0.15) is 5.69 Å². The molecule has 0 aliphatic heterocycles. The number of hydrogen-bond acceptors (Lipinski definition) is 3. The number of benzene rings is 2. The third-order valence-electron chi connectivity index (χ3n) is 3.89. The molecule has 0 unspecified atom stereocenters. The molecular formula is C21H20ClN3O. The summed E-state index contributed by atoms with van der Waals surface area (Å²) in [5, 5.41) is 6.72. The molecule has 0 atom stereocenters. The minimum absolute atomic E-state index is 0.264. The van der Waals surface area contributed by atoms with Crippen molar-refractivity contribution in [3.63, 3.8) is 0 Å². The van der Waals surface area contributed by atoms with Gasteiger partial charge in [0, 0.05) is 29.1 Å². The second-order valence-electron chi connectivity index (χ2n) is 5.91. The Labute approximate surface area is 158 Å². The Balaban J connectivity index is 1.53. The van der Waals surface area contributed by atoms with Gasteiger partial charge in [-0.25, -0.2) is 0 Å². The van der Waals surface area contributed by atoms with E-state index >= 15 is 0 Å². The maximum atomic E-state index is 12.3. The molecule has 0 saturated carbocycles. The minimum Gasteiger partial charge on any atom is -0.385 e. The van der Waals surface area contributed by atoms with E-state index in [2.05, 4.69) is 39.9 Å². The summed E-state index contributed by atoms with van der Waals surface area (Å²) in [4.78, 5) is 16.5. The lowest BCUT2D eigenvalue weighted by atomic mass is 10.1. The Morgan fingerprint density at radius 3 is 2.62 bits per heavy atom. The van der Waals surface area contributed by atoms with E-state index in [0.29, 0.717) is 16.4 Å². The first-order valence-corrected chi connectivity index (χ1v) is 8.89. The van der Waals surface area contributed by atoms with Crippen molar-refractivity contribution in [1.82, 2.24) is 4.98 Å². The second kappa shape index (κ2) is 9.02. The van der Waals surface area contributed by atoms with Crippen LogP contribution in [-0.4, -0.2) is 17.4 Å². The van der Waals surface area contributed by atoms with E-state index in [-0.39, 0.29) is 5.91 Å². The van der Waals surface area contributed by atoms with Gasteiger partial charge in [-0.05, 0) is 48.7 Å². The number of amides is 1. The zero-order valence-corrected chi connectivity index (χ0v) is 15.0. The van der Waals surface area contributed by atoms with Crippen LogP contribution in [0.2, 0.25) is 5.02 Å². The van der Waals surface area contributed by atoms with Crippen LogP contribution in [0, 0.1) is 0 Å². The van der Waals surface area contributed by atoms with Crippen molar-refractivity contribution in [3.8, 4) is 0 Å². The molecule has 1 aromatic heterocycles. The monoisotopic (exact) mass is 365 g/mol. The summed E-state index contributed by atoms with van der Waals surface area (Å²) in [5.74, 6) is -0.264. The summed E-state index contributed by atoms with van der Waals surface area (Å²) >= 11 is 5.94. The van der Waals surface area contributed by atoms with Crippen LogP contribution < -0.4 is 10.6 Å². The van der Waals surface area contributed by atoms with Crippen LogP contribution in [0.25, 0.3) is 0 Å². The molecule has 2 N–H and O–H groups in total. The lowest BCUT2D eigenvalue weighted by molar-refractivity contribution is 0.102. The zero-order valence-electron chi connectivity index (χ0n) is 14.3. The zero-order chi connectivity index (χ0) is 18.2. The highest BCUT2D eigenvalue weighted by Gasteiger charge is 2.08. The van der Waals surface area contributed by atoms with Gasteiger partial charge in [-0.1, -0.05) is 48.0 Å². The molecule has 26 heavy (non-hydrogen) atoms. The van der Waals surface area contributed by atoms with Gasteiger partial charge in [0.2, 0.25) is 0 Å². The fourth-order valence-electron chi connectivity index (χ4n) is 2.60. The molecule has 1 amide bonds. The molecule has 5 heteroatoms. The van der Waals surface area contributed by atoms with Crippen LogP contribution in [0.3, 0.4) is 0 Å². The van der Waals surface area contributed by atoms with E-state index in [1.165, 1.54) is 5.56 Å². The molecule has 0 saturated heterocycles. The summed E-state index contributed by atoms with van der Waals surface area (Å²) < 4.78 is 0. The number of hydrogen-bond donors (Lipinski definition) is 2. The average Bonchev–Trinajstić information content (AvgIpc) is 2.66. The van der Waals surface area contributed by atoms with Crippen LogP contribution in [-0.2, 0) is 6.42 Å². The van der Waals surface area contributed by atoms with Crippen LogP contribution in [0.1, 0.15) is 22.5 Å². The van der Waals surface area contributed by atoms with Gasteiger partial charge in [-0.2, -0.15) is 0 Å². The third kappa shape index (κ3) is 5.33. The Hall–Kier alpha value is -2.85. The quantitative estimate of drug-likeness (QED) is 0.577. The SMILES string of the molecule is O=C(Nc1cccc(Cl)c1)c1cc(NCCCc2ccccc2)ccn1. The van der Waals surface area contributed by atoms with Crippen molar-refractivity contribution >= 4 is 28.9 Å². The number of nitrogens with zero attached hydrogens (tertiary/aromatic N) is 1. The lowest BCUT2D eigenvalue weighted by Crippen LogP contribution is -2.14. The average molecular weight is 366 g/mol. The van der Waals surface area contributed by atoms with Crippen LogP contribution in [0.5, 0.6) is 0 Å². The van der Waals surface area contributed by atoms with Crippen LogP contribution >= 0.6 is 11.6 Å². The van der Waals surface area contributed by atoms with Gasteiger partial charge in [-0.15, -0.1) is 0 Å². The van der Waals surface area contributed by atoms with Gasteiger partial charge < -0.3 is 10.6 Å². The summed E-state index contributed by atoms with van der Waals surface area (Å²) in [7, 11) is 0. The Morgan fingerprint density at radius 2 is 1.81 bits per heavy atom. The predicted molar refractivity (Wildman–Crippen MR) is 107 cm³/mol. The third-order valence-corrected chi connectivity index (χ3v) is 4.12. The largest absolute Gasteiger partial charge is 0.385 e. The Bertz CT molecular complexity index is 868. The van der Waals surface area contributed by atoms with Gasteiger partial charge in [0.05, 0.1) is 0 Å². The molecule has 1 heterocycles. The molecule has 0 bridgehead atoms. The molecule has 0 radical (unpaired) electrons. The van der Waals surface area contributed by atoms with E-state index in [4.69, 9.17) is 11.6 Å². The van der Waals surface area contributed by atoms with E-state index in [0.717, 1.165) is 25.1 Å². The predicted octanol–water partition coefficient (Wildman–Crippen LogP) is 5.03. The number of halogens is 1. The highest BCUT2D eigenvalue weighted by molar-refractivity contribution is 6.30. The maximum absolute atomic E-state index is 12.3. The number of aryl methyl sites for hydroxylation is 1. The van der Waals surface area contributed by atoms with Crippen LogP contribution in [0.4, 0.5) is 11.4 Å². The molecule has 2 aromatic carbocycles. The smallest absolute Gasteiger partial charge is 0.274 e. The van der Waals surface area contributed by atoms with Crippen molar-refractivity contribution in [2.24, 2.45) is 0 Å². The highest BCUT2D eigenvalue weighted by Crippen LogP contribution is 2.16. The number of aromatic nitrogens is 1. The lowest BCUT2D eigenvalue weighted by Gasteiger charge is -2.09. The summed E-state index contributed by atoms with van der Waals surface area (Å²) in [5.41, 5.74) is 3.21. The van der Waals surface area contributed by atoms with Crippen molar-refractivity contribution in [1.29, 1.82) is 0 Å². The molecule has 132 valence electrons. The van der Waals surface area contributed by atoms with Crippen molar-refractivity contribution in [2.75, 3.05) is 17.2 Å². The fourth-order valence-corrected chi connectivity index (χ4v) is 2.79. The normalized spacial score (nSPS) is 10.3. The Morgan fingerprint density at radius 1 is 0.962 bits per heavy atom. The number of rotatable bonds is 7. The molecule has 0 fully saturated rings. The molecule has 4 nitrogen and oxygen atoms in total. The standard InChI is InChI=1S/C21H20ClN3O/c22-17-9-4-10-19(14-17)25-21(26)20-15-18(11-13-24-20)23-12-5-8-16-6-2-1-3-7-16/h1-4,6-7,9-11,13-15H,5,8,12H2,(H,23,24)(H,25,26). The van der Waals surface area contributed by atoms with Crippen molar-refractivity contribution in [2.45, 2.75) is 12.8 Å². The van der Waals surface area contributed by atoms with Gasteiger partial charge in [0.15, 0.2) is 0 Å². The van der Waals surface area contributed by atoms with Crippen molar-refractivity contribution in [3.05, 3.63) is 89.2 Å². The number of pyridine rings is 1. The first kappa shape index (κ1) is 18.0. The van der Waals surface area contributed by atoms with E-state index < -0.39 is 0 Å². The maximum Gasteiger partial charge on any atom is 0.274 e. The number of carbonyl (C=O) groups excluding carboxylic acids is 1. The van der Waals surface area contributed by atoms with E-state index in [1.54, 1.807) is 36.5 Å². The van der Waals surface area contributed by atoms with Gasteiger partial charge >= 0.3 is 0 Å². The Kier molecular flexibility index (Phi) is 6.23. The topological polar surface area (TPSA) is 54.0 Å². The fraction of sp³-hybridized carbons (Fsp3) is 0.143. The molecule has 0 aliphatic carbocycles. The number of nitrogens with one attached hydrogen (secondary N) is 2. The minimum atomic E-state index is -0.264. The van der Waals surface area contributed by atoms with E-state index in [9.17, 15) is 4.79 Å². The molecule has 3 rings (SSSR count). The number of anilines is 2. The molecule has 3 aromatic rings. The van der Waals surface area contributed by atoms with Crippen LogP contribution in [0.15, 0.2) is 72.9 Å². The highest BCUT2D eigenvalue weighted by atomic mass is 35.5. The first-order valence-electron chi connectivity index (χ1n) is 8.51. The first-order chi connectivity index (χ1) is 12.7. The molecule has 0 spiro atoms.